The van der Waals surface area contributed by atoms with Gasteiger partial charge in [0.15, 0.2) is 0 Å². The zero-order valence-corrected chi connectivity index (χ0v) is 21.8. The highest BCUT2D eigenvalue weighted by Crippen LogP contribution is 2.42. The van der Waals surface area contributed by atoms with Crippen LogP contribution in [-0.4, -0.2) is 18.5 Å². The molecule has 0 radical (unpaired) electrons. The number of allylic oxidation sites excluding steroid dienone is 1. The van der Waals surface area contributed by atoms with Gasteiger partial charge >= 0.3 is 6.85 Å². The average molecular weight is 440 g/mol. The minimum Gasteiger partial charge on any atom is -0.403 e. The van der Waals surface area contributed by atoms with Crippen molar-refractivity contribution in [3.05, 3.63) is 77.5 Å². The van der Waals surface area contributed by atoms with Gasteiger partial charge in [0.25, 0.3) is 0 Å². The lowest BCUT2D eigenvalue weighted by molar-refractivity contribution is -0.653. The molecule has 4 heteroatoms. The van der Waals surface area contributed by atoms with Crippen molar-refractivity contribution >= 4 is 23.8 Å². The molecule has 0 atom stereocenters. The van der Waals surface area contributed by atoms with Crippen molar-refractivity contribution in [3.63, 3.8) is 0 Å². The van der Waals surface area contributed by atoms with Crippen molar-refractivity contribution in [1.82, 2.24) is 4.57 Å². The summed E-state index contributed by atoms with van der Waals surface area (Å²) in [6.45, 7) is 16.3. The molecule has 4 rings (SSSR count). The molecule has 0 spiro atoms. The monoisotopic (exact) mass is 440 g/mol. The molecule has 3 aromatic rings. The second-order valence-electron chi connectivity index (χ2n) is 11.1. The first-order valence-electron chi connectivity index (χ1n) is 12.3. The smallest absolute Gasteiger partial charge is 0.403 e. The summed E-state index contributed by atoms with van der Waals surface area (Å²) in [5, 5.41) is 0. The maximum absolute atomic E-state index is 2.49. The van der Waals surface area contributed by atoms with Crippen LogP contribution in [0.2, 0.25) is 0 Å². The second kappa shape index (κ2) is 8.55. The van der Waals surface area contributed by atoms with Gasteiger partial charge in [-0.15, -0.1) is 0 Å². The van der Waals surface area contributed by atoms with E-state index in [9.17, 15) is 0 Å². The minimum atomic E-state index is 0.0601. The van der Waals surface area contributed by atoms with Crippen LogP contribution < -0.4 is 15.1 Å². The molecule has 0 unspecified atom stereocenters. The number of rotatable bonds is 4. The largest absolute Gasteiger partial charge is 0.421 e. The lowest BCUT2D eigenvalue weighted by atomic mass is 9.53. The van der Waals surface area contributed by atoms with Crippen molar-refractivity contribution in [2.45, 2.75) is 60.3 Å². The highest BCUT2D eigenvalue weighted by molar-refractivity contribution is 6.80. The predicted molar refractivity (Wildman–Crippen MR) is 143 cm³/mol. The zero-order valence-electron chi connectivity index (χ0n) is 21.8. The Morgan fingerprint density at radius 1 is 0.879 bits per heavy atom. The van der Waals surface area contributed by atoms with Crippen LogP contribution in [0.5, 0.6) is 0 Å². The number of anilines is 1. The number of hydrogen-bond acceptors (Lipinski definition) is 1. The molecular formula is C29H39BN3+. The fourth-order valence-electron chi connectivity index (χ4n) is 5.24. The molecule has 2 heterocycles. The van der Waals surface area contributed by atoms with E-state index in [0.717, 1.165) is 0 Å². The molecular weight excluding hydrogens is 401 g/mol. The summed E-state index contributed by atoms with van der Waals surface area (Å²) < 4.78 is 4.75. The first kappa shape index (κ1) is 23.4. The minimum absolute atomic E-state index is 0.0601. The SMILES string of the molecule is CC(C)c1cccc(C(C)C)c1-n1cc[n+](C)c1B1C=C(C(C)(C)C)c2ccccc2N1C. The molecule has 0 fully saturated rings. The Balaban J connectivity index is 1.99. The van der Waals surface area contributed by atoms with Gasteiger partial charge in [0.1, 0.15) is 18.1 Å². The van der Waals surface area contributed by atoms with Gasteiger partial charge in [-0.25, -0.2) is 9.13 Å². The van der Waals surface area contributed by atoms with Crippen LogP contribution in [0.1, 0.15) is 77.0 Å². The summed E-state index contributed by atoms with van der Waals surface area (Å²) in [4.78, 5) is 2.43. The van der Waals surface area contributed by atoms with E-state index < -0.39 is 0 Å². The van der Waals surface area contributed by atoms with E-state index >= 15 is 0 Å². The molecule has 1 aliphatic rings. The number of imidazole rings is 1. The zero-order chi connectivity index (χ0) is 24.1. The van der Waals surface area contributed by atoms with E-state index in [1.807, 2.05) is 0 Å². The molecule has 33 heavy (non-hydrogen) atoms. The van der Waals surface area contributed by atoms with Crippen molar-refractivity contribution in [1.29, 1.82) is 0 Å². The Kier molecular flexibility index (Phi) is 6.07. The van der Waals surface area contributed by atoms with Crippen LogP contribution in [0.4, 0.5) is 5.69 Å². The molecule has 0 saturated heterocycles. The van der Waals surface area contributed by atoms with Crippen LogP contribution in [0.15, 0.2) is 60.8 Å². The molecule has 172 valence electrons. The van der Waals surface area contributed by atoms with E-state index in [1.54, 1.807) is 0 Å². The average Bonchev–Trinajstić information content (AvgIpc) is 3.13. The van der Waals surface area contributed by atoms with Gasteiger partial charge in [0.05, 0.1) is 7.05 Å². The number of para-hydroxylation sites is 2. The summed E-state index contributed by atoms with van der Waals surface area (Å²) in [5.74, 6) is 3.38. The number of aryl methyl sites for hydroxylation is 1. The normalized spacial score (nSPS) is 14.2. The molecule has 0 aliphatic carbocycles. The Bertz CT molecular complexity index is 1170. The van der Waals surface area contributed by atoms with E-state index in [1.165, 1.54) is 39.4 Å². The molecule has 2 aromatic carbocycles. The maximum atomic E-state index is 2.49. The fraction of sp³-hybridized carbons (Fsp3) is 0.414. The van der Waals surface area contributed by atoms with Gasteiger partial charge in [-0.1, -0.05) is 90.8 Å². The summed E-state index contributed by atoms with van der Waals surface area (Å²) in [5.41, 5.74) is 9.54. The highest BCUT2D eigenvalue weighted by Gasteiger charge is 2.41. The van der Waals surface area contributed by atoms with Gasteiger partial charge in [-0.2, -0.15) is 0 Å². The number of benzene rings is 2. The first-order chi connectivity index (χ1) is 15.5. The van der Waals surface area contributed by atoms with Gasteiger partial charge in [0, 0.05) is 16.8 Å². The van der Waals surface area contributed by atoms with Gasteiger partial charge in [-0.05, 0) is 41.5 Å². The Labute approximate surface area is 200 Å². The molecule has 0 bridgehead atoms. The quantitative estimate of drug-likeness (QED) is 0.365. The van der Waals surface area contributed by atoms with Crippen molar-refractivity contribution in [3.8, 4) is 5.69 Å². The van der Waals surface area contributed by atoms with Crippen molar-refractivity contribution in [2.75, 3.05) is 11.9 Å². The standard InChI is InChI=1S/C29H39BN3/c1-20(2)22-14-12-15-23(21(3)4)27(22)33-18-17-31(8)28(33)30-19-25(29(5,6)7)24-13-10-11-16-26(24)32(30)9/h10-21H,1-9H3/q+1. The van der Waals surface area contributed by atoms with Gasteiger partial charge in [-0.3, -0.25) is 0 Å². The summed E-state index contributed by atoms with van der Waals surface area (Å²) >= 11 is 0. The third kappa shape index (κ3) is 4.05. The Hall–Kier alpha value is -2.75. The van der Waals surface area contributed by atoms with Crippen LogP contribution in [-0.2, 0) is 7.05 Å². The molecule has 0 saturated carbocycles. The lowest BCUT2D eigenvalue weighted by Gasteiger charge is -2.36. The summed E-state index contributed by atoms with van der Waals surface area (Å²) in [7, 11) is 4.41. The molecule has 1 aliphatic heterocycles. The Morgan fingerprint density at radius 2 is 1.48 bits per heavy atom. The summed E-state index contributed by atoms with van der Waals surface area (Å²) in [6, 6.07) is 15.7. The van der Waals surface area contributed by atoms with E-state index in [0.29, 0.717) is 11.8 Å². The van der Waals surface area contributed by atoms with Crippen molar-refractivity contribution in [2.24, 2.45) is 12.5 Å². The van der Waals surface area contributed by atoms with Gasteiger partial charge < -0.3 is 4.81 Å². The first-order valence-corrected chi connectivity index (χ1v) is 12.3. The number of fused-ring (bicyclic) bond motifs is 1. The number of hydrogen-bond donors (Lipinski definition) is 0. The topological polar surface area (TPSA) is 12.0 Å². The van der Waals surface area contributed by atoms with Crippen molar-refractivity contribution < 1.29 is 4.57 Å². The number of aromatic nitrogens is 2. The highest BCUT2D eigenvalue weighted by atomic mass is 15.2. The Morgan fingerprint density at radius 3 is 2.06 bits per heavy atom. The third-order valence-electron chi connectivity index (χ3n) is 7.02. The summed E-state index contributed by atoms with van der Waals surface area (Å²) in [6.07, 6.45) is 4.46. The van der Waals surface area contributed by atoms with Crippen LogP contribution in [0, 0.1) is 5.41 Å². The van der Waals surface area contributed by atoms with E-state index in [2.05, 4.69) is 137 Å². The van der Waals surface area contributed by atoms with Crippen LogP contribution in [0.25, 0.3) is 11.3 Å². The van der Waals surface area contributed by atoms with Crippen LogP contribution in [0.3, 0.4) is 0 Å². The lowest BCUT2D eigenvalue weighted by Crippen LogP contribution is -2.62. The van der Waals surface area contributed by atoms with E-state index in [4.69, 9.17) is 0 Å². The second-order valence-corrected chi connectivity index (χ2v) is 11.1. The molecule has 0 amide bonds. The molecule has 0 N–H and O–H groups in total. The van der Waals surface area contributed by atoms with Crippen LogP contribution >= 0.6 is 0 Å². The fourth-order valence-corrected chi connectivity index (χ4v) is 5.24. The predicted octanol–water partition coefficient (Wildman–Crippen LogP) is 5.87. The molecule has 3 nitrogen and oxygen atoms in total. The number of nitrogens with zero attached hydrogens (tertiary/aromatic N) is 3. The maximum Gasteiger partial charge on any atom is 0.421 e. The third-order valence-corrected chi connectivity index (χ3v) is 7.02. The van der Waals surface area contributed by atoms with E-state index in [-0.39, 0.29) is 12.3 Å². The van der Waals surface area contributed by atoms with Gasteiger partial charge in [0.2, 0.25) is 5.72 Å². The molecule has 1 aromatic heterocycles.